The van der Waals surface area contributed by atoms with Crippen molar-refractivity contribution in [1.29, 1.82) is 0 Å². The lowest BCUT2D eigenvalue weighted by Gasteiger charge is -2.48. The molecule has 4 heterocycles. The summed E-state index contributed by atoms with van der Waals surface area (Å²) >= 11 is 5.95. The summed E-state index contributed by atoms with van der Waals surface area (Å²) in [5.41, 5.74) is 0.172. The van der Waals surface area contributed by atoms with Gasteiger partial charge < -0.3 is 19.3 Å². The maximum atomic E-state index is 14.8. The molecule has 1 spiro atoms. The minimum absolute atomic E-state index is 0.112. The summed E-state index contributed by atoms with van der Waals surface area (Å²) in [5, 5.41) is 0.358. The summed E-state index contributed by atoms with van der Waals surface area (Å²) in [6.45, 7) is 3.82. The van der Waals surface area contributed by atoms with Crippen LogP contribution in [0.5, 0.6) is 6.01 Å². The Morgan fingerprint density at radius 2 is 2.07 bits per heavy atom. The Kier molecular flexibility index (Phi) is 4.99. The molecule has 5 rings (SSSR count). The smallest absolute Gasteiger partial charge is 0.319 e. The second kappa shape index (κ2) is 7.43. The van der Waals surface area contributed by atoms with E-state index < -0.39 is 5.82 Å². The van der Waals surface area contributed by atoms with Gasteiger partial charge in [-0.3, -0.25) is 0 Å². The first-order valence-corrected chi connectivity index (χ1v) is 10.9. The van der Waals surface area contributed by atoms with Gasteiger partial charge in [0.05, 0.1) is 24.2 Å². The topological polar surface area (TPSA) is 63.6 Å². The van der Waals surface area contributed by atoms with Crippen molar-refractivity contribution in [1.82, 2.24) is 19.9 Å². The van der Waals surface area contributed by atoms with Gasteiger partial charge in [0, 0.05) is 37.7 Å². The van der Waals surface area contributed by atoms with Gasteiger partial charge in [-0.25, -0.2) is 9.37 Å². The van der Waals surface area contributed by atoms with Crippen molar-refractivity contribution in [2.24, 2.45) is 5.41 Å². The lowest BCUT2D eigenvalue weighted by Crippen LogP contribution is -2.56. The molecule has 0 amide bonds. The summed E-state index contributed by atoms with van der Waals surface area (Å²) < 4.78 is 26.7. The van der Waals surface area contributed by atoms with Crippen molar-refractivity contribution in [3.05, 3.63) is 17.2 Å². The molecule has 2 aliphatic heterocycles. The second-order valence-electron chi connectivity index (χ2n) is 9.29. The zero-order valence-corrected chi connectivity index (χ0v) is 18.2. The summed E-state index contributed by atoms with van der Waals surface area (Å²) in [6, 6.07) is 0.192. The van der Waals surface area contributed by atoms with E-state index in [2.05, 4.69) is 33.9 Å². The molecule has 0 bridgehead atoms. The molecule has 2 aromatic rings. The van der Waals surface area contributed by atoms with E-state index >= 15 is 0 Å². The molecular weight excluding hydrogens is 409 g/mol. The molecule has 1 saturated carbocycles. The summed E-state index contributed by atoms with van der Waals surface area (Å²) in [7, 11) is 4.12. The average Bonchev–Trinajstić information content (AvgIpc) is 3.46. The number of anilines is 1. The van der Waals surface area contributed by atoms with Crippen molar-refractivity contribution in [3.8, 4) is 6.01 Å². The van der Waals surface area contributed by atoms with Gasteiger partial charge in [0.25, 0.3) is 0 Å². The molecule has 3 aliphatic rings. The maximum Gasteiger partial charge on any atom is 0.319 e. The summed E-state index contributed by atoms with van der Waals surface area (Å²) in [4.78, 5) is 17.4. The number of hydrogen-bond acceptors (Lipinski definition) is 7. The van der Waals surface area contributed by atoms with Crippen LogP contribution in [0, 0.1) is 11.2 Å². The number of rotatable bonds is 6. The van der Waals surface area contributed by atoms with Crippen LogP contribution in [0.25, 0.3) is 10.9 Å². The third-order valence-corrected chi connectivity index (χ3v) is 6.79. The molecule has 7 nitrogen and oxygen atoms in total. The van der Waals surface area contributed by atoms with Crippen LogP contribution in [0.3, 0.4) is 0 Å². The summed E-state index contributed by atoms with van der Waals surface area (Å²) in [5.74, 6) is 0.00816. The molecule has 1 atom stereocenters. The molecule has 30 heavy (non-hydrogen) atoms. The Balaban J connectivity index is 1.48. The highest BCUT2D eigenvalue weighted by atomic mass is 35.5. The van der Waals surface area contributed by atoms with Crippen molar-refractivity contribution >= 4 is 28.3 Å². The molecule has 9 heteroatoms. The van der Waals surface area contributed by atoms with Crippen LogP contribution in [-0.4, -0.2) is 72.4 Å². The van der Waals surface area contributed by atoms with E-state index in [1.807, 2.05) is 0 Å². The minimum Gasteiger partial charge on any atom is -0.463 e. The van der Waals surface area contributed by atoms with Crippen LogP contribution in [0.1, 0.15) is 32.1 Å². The average molecular weight is 436 g/mol. The highest BCUT2D eigenvalue weighted by Gasteiger charge is 2.45. The molecule has 0 N–H and O–H groups in total. The lowest BCUT2D eigenvalue weighted by atomic mass is 9.86. The number of halogens is 2. The number of ether oxygens (including phenoxy) is 2. The van der Waals surface area contributed by atoms with Gasteiger partial charge in [0.2, 0.25) is 0 Å². The van der Waals surface area contributed by atoms with E-state index in [-0.39, 0.29) is 27.7 Å². The largest absolute Gasteiger partial charge is 0.463 e. The Labute approximate surface area is 180 Å². The van der Waals surface area contributed by atoms with Gasteiger partial charge in [0.1, 0.15) is 11.3 Å². The maximum absolute atomic E-state index is 14.8. The number of aromatic nitrogens is 3. The van der Waals surface area contributed by atoms with Gasteiger partial charge >= 0.3 is 6.01 Å². The van der Waals surface area contributed by atoms with Crippen LogP contribution in [0.2, 0.25) is 5.15 Å². The van der Waals surface area contributed by atoms with Crippen LogP contribution in [0.15, 0.2) is 6.20 Å². The van der Waals surface area contributed by atoms with Gasteiger partial charge in [-0.05, 0) is 39.8 Å². The molecule has 2 aromatic heterocycles. The van der Waals surface area contributed by atoms with Crippen LogP contribution in [0.4, 0.5) is 10.2 Å². The van der Waals surface area contributed by atoms with E-state index in [0.29, 0.717) is 17.8 Å². The van der Waals surface area contributed by atoms with Crippen LogP contribution < -0.4 is 9.64 Å². The molecule has 0 radical (unpaired) electrons. The number of pyridine rings is 1. The molecule has 162 valence electrons. The quantitative estimate of drug-likeness (QED) is 0.645. The fraction of sp³-hybridized carbons (Fsp3) is 0.667. The number of fused-ring (bicyclic) bond motifs is 1. The first kappa shape index (κ1) is 20.2. The minimum atomic E-state index is -0.635. The fourth-order valence-corrected chi connectivity index (χ4v) is 4.85. The Hall–Kier alpha value is -1.77. The van der Waals surface area contributed by atoms with Crippen molar-refractivity contribution in [2.45, 2.75) is 37.7 Å². The highest BCUT2D eigenvalue weighted by molar-refractivity contribution is 6.30. The monoisotopic (exact) mass is 435 g/mol. The zero-order valence-electron chi connectivity index (χ0n) is 17.5. The fourth-order valence-electron chi connectivity index (χ4n) is 4.71. The molecule has 2 saturated heterocycles. The summed E-state index contributed by atoms with van der Waals surface area (Å²) in [6.07, 6.45) is 6.86. The van der Waals surface area contributed by atoms with Gasteiger partial charge in [0.15, 0.2) is 11.0 Å². The molecule has 3 fully saturated rings. The number of hydrogen-bond donors (Lipinski definition) is 0. The molecule has 1 aliphatic carbocycles. The predicted octanol–water partition coefficient (Wildman–Crippen LogP) is 3.30. The second-order valence-corrected chi connectivity index (χ2v) is 9.65. The third kappa shape index (κ3) is 3.69. The van der Waals surface area contributed by atoms with Crippen LogP contribution in [-0.2, 0) is 4.74 Å². The van der Waals surface area contributed by atoms with Crippen molar-refractivity contribution < 1.29 is 13.9 Å². The van der Waals surface area contributed by atoms with E-state index in [4.69, 9.17) is 26.1 Å². The van der Waals surface area contributed by atoms with Crippen molar-refractivity contribution in [2.75, 3.05) is 51.8 Å². The highest BCUT2D eigenvalue weighted by Crippen LogP contribution is 2.46. The Morgan fingerprint density at radius 3 is 2.73 bits per heavy atom. The van der Waals surface area contributed by atoms with E-state index in [1.165, 1.54) is 0 Å². The van der Waals surface area contributed by atoms with Crippen molar-refractivity contribution in [3.63, 3.8) is 0 Å². The molecule has 1 unspecified atom stereocenters. The third-order valence-electron chi connectivity index (χ3n) is 6.52. The zero-order chi connectivity index (χ0) is 20.9. The first-order chi connectivity index (χ1) is 14.4. The Bertz CT molecular complexity index is 964. The van der Waals surface area contributed by atoms with E-state index in [9.17, 15) is 4.39 Å². The van der Waals surface area contributed by atoms with Gasteiger partial charge in [-0.1, -0.05) is 11.6 Å². The van der Waals surface area contributed by atoms with E-state index in [0.717, 1.165) is 58.3 Å². The number of nitrogens with zero attached hydrogens (tertiary/aromatic N) is 5. The number of piperidine rings is 1. The Morgan fingerprint density at radius 1 is 1.27 bits per heavy atom. The first-order valence-electron chi connectivity index (χ1n) is 10.6. The normalized spacial score (nSPS) is 25.0. The molecular formula is C21H27ClFN5O2. The SMILES string of the molecule is CN(C)CC1(COc2nc(N3CCCC4(CCO4)C3)c3cnc(Cl)c(F)c3n2)CC1. The molecule has 0 aromatic carbocycles. The van der Waals surface area contributed by atoms with Crippen LogP contribution >= 0.6 is 11.6 Å². The van der Waals surface area contributed by atoms with Gasteiger partial charge in [-0.15, -0.1) is 0 Å². The predicted molar refractivity (Wildman–Crippen MR) is 113 cm³/mol. The lowest BCUT2D eigenvalue weighted by molar-refractivity contribution is -0.151. The standard InChI is InChI=1S/C21H27ClFN5O2/c1-27(2)11-20(5-6-20)13-29-19-25-16-14(10-24-17(22)15(16)23)18(26-19)28-8-3-4-21(12-28)7-9-30-21/h10H,3-9,11-13H2,1-2H3. The van der Waals surface area contributed by atoms with Gasteiger partial charge in [-0.2, -0.15) is 9.97 Å². The van der Waals surface area contributed by atoms with E-state index in [1.54, 1.807) is 6.20 Å².